The van der Waals surface area contributed by atoms with E-state index in [4.69, 9.17) is 28.3 Å². The minimum absolute atomic E-state index is 0.00497. The highest BCUT2D eigenvalue weighted by Gasteiger charge is 2.21. The van der Waals surface area contributed by atoms with E-state index >= 15 is 0 Å². The molecule has 0 saturated carbocycles. The van der Waals surface area contributed by atoms with Crippen molar-refractivity contribution >= 4 is 44.6 Å². The lowest BCUT2D eigenvalue weighted by Crippen LogP contribution is -2.28. The van der Waals surface area contributed by atoms with Gasteiger partial charge < -0.3 is 5.11 Å². The van der Waals surface area contributed by atoms with Crippen molar-refractivity contribution in [2.45, 2.75) is 18.2 Å². The van der Waals surface area contributed by atoms with E-state index in [-0.39, 0.29) is 28.3 Å². The Morgan fingerprint density at radius 3 is 2.65 bits per heavy atom. The molecule has 0 fully saturated rings. The summed E-state index contributed by atoms with van der Waals surface area (Å²) in [4.78, 5) is 0.00497. The summed E-state index contributed by atoms with van der Waals surface area (Å²) >= 11 is 12.5. The molecule has 1 aromatic heterocycles. The number of aliphatic hydroxyl groups excluding tert-OH is 1. The molecule has 0 aliphatic carbocycles. The predicted molar refractivity (Wildman–Crippen MR) is 70.4 cm³/mol. The van der Waals surface area contributed by atoms with Crippen LogP contribution in [-0.2, 0) is 10.0 Å². The van der Waals surface area contributed by atoms with Crippen molar-refractivity contribution < 1.29 is 13.5 Å². The topological polar surface area (TPSA) is 66.4 Å². The fourth-order valence-corrected chi connectivity index (χ4v) is 4.47. The molecule has 4 nitrogen and oxygen atoms in total. The minimum atomic E-state index is -3.62. The van der Waals surface area contributed by atoms with Gasteiger partial charge in [-0.15, -0.1) is 11.3 Å². The Hall–Kier alpha value is 0.150. The van der Waals surface area contributed by atoms with Crippen LogP contribution >= 0.6 is 34.5 Å². The largest absolute Gasteiger partial charge is 0.396 e. The Labute approximate surface area is 115 Å². The molecule has 0 radical (unpaired) electrons. The van der Waals surface area contributed by atoms with Crippen LogP contribution < -0.4 is 4.72 Å². The maximum absolute atomic E-state index is 11.9. The lowest BCUT2D eigenvalue weighted by Gasteiger charge is -2.11. The van der Waals surface area contributed by atoms with Crippen LogP contribution in [0.5, 0.6) is 0 Å². The molecule has 0 aliphatic rings. The molecule has 1 aromatic rings. The number of hydrogen-bond acceptors (Lipinski definition) is 4. The maximum Gasteiger partial charge on any atom is 0.242 e. The van der Waals surface area contributed by atoms with E-state index in [0.29, 0.717) is 10.8 Å². The van der Waals surface area contributed by atoms with Gasteiger partial charge in [0.25, 0.3) is 0 Å². The molecule has 8 heteroatoms. The summed E-state index contributed by atoms with van der Waals surface area (Å²) < 4.78 is 26.7. The Bertz CT molecular complexity index is 473. The Morgan fingerprint density at radius 1 is 1.53 bits per heavy atom. The average molecular weight is 318 g/mol. The van der Waals surface area contributed by atoms with E-state index in [2.05, 4.69) is 4.72 Å². The molecule has 0 saturated heterocycles. The molecule has 1 unspecified atom stereocenters. The quantitative estimate of drug-likeness (QED) is 0.846. The highest BCUT2D eigenvalue weighted by molar-refractivity contribution is 7.89. The zero-order valence-electron chi connectivity index (χ0n) is 9.11. The van der Waals surface area contributed by atoms with E-state index in [9.17, 15) is 8.42 Å². The lowest BCUT2D eigenvalue weighted by atomic mass is 10.1. The van der Waals surface area contributed by atoms with Gasteiger partial charge in [-0.1, -0.05) is 30.1 Å². The summed E-state index contributed by atoms with van der Waals surface area (Å²) in [7, 11) is -3.62. The summed E-state index contributed by atoms with van der Waals surface area (Å²) in [6, 6.07) is 1.33. The van der Waals surface area contributed by atoms with Gasteiger partial charge in [-0.05, 0) is 18.4 Å². The fourth-order valence-electron chi connectivity index (χ4n) is 1.16. The number of halogens is 2. The summed E-state index contributed by atoms with van der Waals surface area (Å²) in [5.74, 6) is 0.0580. The molecule has 0 aliphatic heterocycles. The third-order valence-corrected chi connectivity index (χ3v) is 5.34. The number of sulfonamides is 1. The van der Waals surface area contributed by atoms with Gasteiger partial charge in [0.05, 0.1) is 4.34 Å². The van der Waals surface area contributed by atoms with E-state index < -0.39 is 10.0 Å². The van der Waals surface area contributed by atoms with Crippen LogP contribution in [0.2, 0.25) is 8.67 Å². The maximum atomic E-state index is 11.9. The van der Waals surface area contributed by atoms with Crippen LogP contribution in [0.15, 0.2) is 11.0 Å². The fraction of sp³-hybridized carbons (Fsp3) is 0.556. The van der Waals surface area contributed by atoms with E-state index in [1.54, 1.807) is 0 Å². The predicted octanol–water partition coefficient (Wildman–Crippen LogP) is 2.35. The Kier molecular flexibility index (Phi) is 5.69. The minimum Gasteiger partial charge on any atom is -0.396 e. The van der Waals surface area contributed by atoms with Crippen LogP contribution in [-0.4, -0.2) is 26.7 Å². The summed E-state index contributed by atoms with van der Waals surface area (Å²) in [5, 5.41) is 8.72. The standard InChI is InChI=1S/C9H13Cl2NO3S2/c1-6(2-3-13)5-12-17(14,15)7-4-8(10)16-9(7)11/h4,6,12-13H,2-3,5H2,1H3. The summed E-state index contributed by atoms with van der Waals surface area (Å²) in [5.41, 5.74) is 0. The van der Waals surface area contributed by atoms with Crippen LogP contribution in [0.1, 0.15) is 13.3 Å². The van der Waals surface area contributed by atoms with Gasteiger partial charge in [0, 0.05) is 13.2 Å². The molecule has 0 spiro atoms. The van der Waals surface area contributed by atoms with Gasteiger partial charge in [-0.3, -0.25) is 0 Å². The SMILES string of the molecule is CC(CCO)CNS(=O)(=O)c1cc(Cl)sc1Cl. The zero-order chi connectivity index (χ0) is 13.1. The van der Waals surface area contributed by atoms with Gasteiger partial charge in [-0.2, -0.15) is 0 Å². The second-order valence-corrected chi connectivity index (χ2v) is 7.68. The van der Waals surface area contributed by atoms with E-state index in [1.165, 1.54) is 6.07 Å². The third-order valence-electron chi connectivity index (χ3n) is 2.16. The number of nitrogens with one attached hydrogen (secondary N) is 1. The van der Waals surface area contributed by atoms with Crippen LogP contribution in [0, 0.1) is 5.92 Å². The van der Waals surface area contributed by atoms with Gasteiger partial charge >= 0.3 is 0 Å². The molecule has 0 aromatic carbocycles. The molecule has 2 N–H and O–H groups in total. The molecule has 0 amide bonds. The number of hydrogen-bond donors (Lipinski definition) is 2. The van der Waals surface area contributed by atoms with Crippen LogP contribution in [0.3, 0.4) is 0 Å². The first-order chi connectivity index (χ1) is 7.86. The first kappa shape index (κ1) is 15.2. The van der Waals surface area contributed by atoms with Gasteiger partial charge in [0.1, 0.15) is 9.23 Å². The van der Waals surface area contributed by atoms with Crippen LogP contribution in [0.25, 0.3) is 0 Å². The second-order valence-electron chi connectivity index (χ2n) is 3.66. The van der Waals surface area contributed by atoms with Crippen molar-refractivity contribution in [1.29, 1.82) is 0 Å². The molecule has 17 heavy (non-hydrogen) atoms. The zero-order valence-corrected chi connectivity index (χ0v) is 12.3. The van der Waals surface area contributed by atoms with Crippen molar-refractivity contribution in [3.05, 3.63) is 14.7 Å². The lowest BCUT2D eigenvalue weighted by molar-refractivity contribution is 0.263. The number of thiophene rings is 1. The van der Waals surface area contributed by atoms with Crippen molar-refractivity contribution in [2.24, 2.45) is 5.92 Å². The van der Waals surface area contributed by atoms with Gasteiger partial charge in [-0.25, -0.2) is 13.1 Å². The molecule has 1 heterocycles. The van der Waals surface area contributed by atoms with E-state index in [1.807, 2.05) is 6.92 Å². The molecule has 1 atom stereocenters. The highest BCUT2D eigenvalue weighted by atomic mass is 35.5. The average Bonchev–Trinajstić information content (AvgIpc) is 2.56. The Morgan fingerprint density at radius 2 is 2.18 bits per heavy atom. The number of aliphatic hydroxyl groups is 1. The van der Waals surface area contributed by atoms with Gasteiger partial charge in [0.15, 0.2) is 0 Å². The third kappa shape index (κ3) is 4.39. The number of rotatable bonds is 6. The molecular weight excluding hydrogens is 305 g/mol. The molecule has 1 rings (SSSR count). The first-order valence-electron chi connectivity index (χ1n) is 4.92. The van der Waals surface area contributed by atoms with Crippen molar-refractivity contribution in [3.8, 4) is 0 Å². The highest BCUT2D eigenvalue weighted by Crippen LogP contribution is 2.34. The van der Waals surface area contributed by atoms with Crippen LogP contribution in [0.4, 0.5) is 0 Å². The molecule has 98 valence electrons. The Balaban J connectivity index is 2.73. The first-order valence-corrected chi connectivity index (χ1v) is 7.97. The monoisotopic (exact) mass is 317 g/mol. The smallest absolute Gasteiger partial charge is 0.242 e. The van der Waals surface area contributed by atoms with Gasteiger partial charge in [0.2, 0.25) is 10.0 Å². The summed E-state index contributed by atoms with van der Waals surface area (Å²) in [6.45, 7) is 2.14. The summed E-state index contributed by atoms with van der Waals surface area (Å²) in [6.07, 6.45) is 0.542. The normalized spacial score (nSPS) is 13.9. The van der Waals surface area contributed by atoms with Crippen molar-refractivity contribution in [1.82, 2.24) is 4.72 Å². The van der Waals surface area contributed by atoms with E-state index in [0.717, 1.165) is 11.3 Å². The second kappa shape index (κ2) is 6.36. The van der Waals surface area contributed by atoms with Crippen molar-refractivity contribution in [2.75, 3.05) is 13.2 Å². The molecule has 0 bridgehead atoms. The molecular formula is C9H13Cl2NO3S2. The van der Waals surface area contributed by atoms with Crippen molar-refractivity contribution in [3.63, 3.8) is 0 Å².